The first-order valence-corrected chi connectivity index (χ1v) is 25.0. The minimum atomic E-state index is -2.53. The lowest BCUT2D eigenvalue weighted by Gasteiger charge is -2.47. The summed E-state index contributed by atoms with van der Waals surface area (Å²) >= 11 is 0. The molecule has 2 aromatic rings. The highest BCUT2D eigenvalue weighted by atomic mass is 16.7. The molecule has 0 spiro atoms. The van der Waals surface area contributed by atoms with Gasteiger partial charge in [0, 0.05) is 68.6 Å². The summed E-state index contributed by atoms with van der Waals surface area (Å²) < 4.78 is 33.0. The summed E-state index contributed by atoms with van der Waals surface area (Å²) in [5.74, 6) is -7.32. The predicted molar refractivity (Wildman–Crippen MR) is 258 cm³/mol. The van der Waals surface area contributed by atoms with Crippen LogP contribution in [0.4, 0.5) is 0 Å². The molecular formula is C54H78N2O12. The molecule has 6 rings (SSSR count). The number of ketones is 2. The number of aryl methyl sites for hydroxylation is 1. The van der Waals surface area contributed by atoms with Gasteiger partial charge in [0.2, 0.25) is 5.79 Å². The number of aliphatic hydroxyl groups excluding tert-OH is 2. The van der Waals surface area contributed by atoms with Gasteiger partial charge in [-0.3, -0.25) is 14.4 Å². The third-order valence-corrected chi connectivity index (χ3v) is 15.1. The number of hydrogen-bond donors (Lipinski definition) is 3. The van der Waals surface area contributed by atoms with Gasteiger partial charge in [-0.1, -0.05) is 51.5 Å². The Kier molecular flexibility index (Phi) is 18.5. The quantitative estimate of drug-likeness (QED) is 0.122. The molecule has 14 heteroatoms. The maximum atomic E-state index is 14.5. The van der Waals surface area contributed by atoms with E-state index in [4.69, 9.17) is 23.7 Å². The molecule has 4 aliphatic rings. The van der Waals surface area contributed by atoms with E-state index in [1.54, 1.807) is 19.9 Å². The molecule has 1 saturated carbocycles. The van der Waals surface area contributed by atoms with Crippen molar-refractivity contribution in [2.24, 2.45) is 29.6 Å². The van der Waals surface area contributed by atoms with Crippen molar-refractivity contribution in [2.75, 3.05) is 20.8 Å². The molecule has 0 radical (unpaired) electrons. The van der Waals surface area contributed by atoms with E-state index >= 15 is 0 Å². The van der Waals surface area contributed by atoms with Crippen molar-refractivity contribution in [3.05, 3.63) is 66.4 Å². The molecule has 14 unspecified atom stereocenters. The van der Waals surface area contributed by atoms with Crippen LogP contribution >= 0.6 is 0 Å². The summed E-state index contributed by atoms with van der Waals surface area (Å²) in [4.78, 5) is 58.6. The number of amides is 1. The van der Waals surface area contributed by atoms with Gasteiger partial charge in [-0.25, -0.2) is 4.79 Å². The van der Waals surface area contributed by atoms with Gasteiger partial charge in [0.25, 0.3) is 11.7 Å². The maximum Gasteiger partial charge on any atom is 0.329 e. The number of ether oxygens (including phenoxy) is 5. The zero-order chi connectivity index (χ0) is 49.4. The number of carbonyl (C=O) groups is 4. The van der Waals surface area contributed by atoms with Gasteiger partial charge < -0.3 is 48.5 Å². The number of methoxy groups -OCH3 is 2. The third-order valence-electron chi connectivity index (χ3n) is 15.1. The Balaban J connectivity index is 1.29. The molecule has 3 fully saturated rings. The molecule has 1 amide bonds. The SMILES string of the molecule is C=CCC1/C=C(\C)CC(C)CC(OC)C2OC(O)(C(=O)C(=O)N3CCCCC3C(=O)OC(C(C)=CC3CCC(Oc4ccc5c(ccn5CCC)c4)C(O)C3)C(C)C(O)CC1=O)C(C)CC2OC. The van der Waals surface area contributed by atoms with Crippen LogP contribution in [0.3, 0.4) is 0 Å². The summed E-state index contributed by atoms with van der Waals surface area (Å²) in [6, 6.07) is 6.89. The van der Waals surface area contributed by atoms with Crippen LogP contribution in [0, 0.1) is 29.6 Å². The fourth-order valence-corrected chi connectivity index (χ4v) is 11.2. The lowest BCUT2D eigenvalue weighted by atomic mass is 9.81. The number of benzene rings is 1. The van der Waals surface area contributed by atoms with E-state index in [-0.39, 0.29) is 43.4 Å². The molecular weight excluding hydrogens is 869 g/mol. The Labute approximate surface area is 403 Å². The van der Waals surface area contributed by atoms with E-state index in [0.717, 1.165) is 29.4 Å². The number of allylic oxidation sites excluding steroid dienone is 4. The summed E-state index contributed by atoms with van der Waals surface area (Å²) in [5, 5.41) is 36.5. The normalized spacial score (nSPS) is 36.3. The number of aliphatic hydroxyl groups is 3. The summed E-state index contributed by atoms with van der Waals surface area (Å²) in [6.07, 6.45) is 7.42. The Morgan fingerprint density at radius 1 is 0.941 bits per heavy atom. The van der Waals surface area contributed by atoms with Crippen LogP contribution in [0.25, 0.3) is 10.9 Å². The van der Waals surface area contributed by atoms with Gasteiger partial charge >= 0.3 is 5.97 Å². The smallest absolute Gasteiger partial charge is 0.329 e. The van der Waals surface area contributed by atoms with E-state index in [2.05, 4.69) is 30.3 Å². The van der Waals surface area contributed by atoms with E-state index in [1.165, 1.54) is 19.1 Å². The van der Waals surface area contributed by atoms with Crippen molar-refractivity contribution in [1.82, 2.24) is 9.47 Å². The zero-order valence-electron chi connectivity index (χ0n) is 41.6. The van der Waals surface area contributed by atoms with Crippen molar-refractivity contribution in [2.45, 2.75) is 180 Å². The number of cyclic esters (lactones) is 1. The second-order valence-electron chi connectivity index (χ2n) is 20.4. The molecule has 376 valence electrons. The Morgan fingerprint density at radius 3 is 2.37 bits per heavy atom. The number of carbonyl (C=O) groups excluding carboxylic acids is 4. The summed E-state index contributed by atoms with van der Waals surface area (Å²) in [5.41, 5.74) is 2.70. The number of nitrogens with zero attached hydrogens (tertiary/aromatic N) is 2. The van der Waals surface area contributed by atoms with Gasteiger partial charge in [0.05, 0.1) is 24.4 Å². The Hall–Kier alpha value is -4.18. The molecule has 1 aliphatic carbocycles. The van der Waals surface area contributed by atoms with Gasteiger partial charge in [0.1, 0.15) is 35.9 Å². The Bertz CT molecular complexity index is 2150. The van der Waals surface area contributed by atoms with Crippen LogP contribution < -0.4 is 4.74 Å². The summed E-state index contributed by atoms with van der Waals surface area (Å²) in [7, 11) is 3.06. The van der Waals surface area contributed by atoms with Crippen LogP contribution in [0.15, 0.2) is 66.4 Å². The lowest BCUT2D eigenvalue weighted by molar-refractivity contribution is -0.302. The van der Waals surface area contributed by atoms with Crippen molar-refractivity contribution in [1.29, 1.82) is 0 Å². The molecule has 3 aliphatic heterocycles. The number of hydrogen-bond acceptors (Lipinski definition) is 12. The van der Waals surface area contributed by atoms with Crippen LogP contribution in [0.2, 0.25) is 0 Å². The van der Waals surface area contributed by atoms with Crippen LogP contribution in [0.5, 0.6) is 5.75 Å². The van der Waals surface area contributed by atoms with E-state index in [9.17, 15) is 34.5 Å². The molecule has 2 saturated heterocycles. The molecule has 3 N–H and O–H groups in total. The topological polar surface area (TPSA) is 183 Å². The fraction of sp³-hybridized carbons (Fsp3) is 0.667. The van der Waals surface area contributed by atoms with Crippen molar-refractivity contribution < 1.29 is 58.2 Å². The molecule has 4 heterocycles. The van der Waals surface area contributed by atoms with Gasteiger partial charge in [0.15, 0.2) is 0 Å². The molecule has 14 nitrogen and oxygen atoms in total. The standard InChI is InChI=1S/C54H78N2O12/c1-10-14-39-25-32(3)24-33(4)26-47(64-8)50-48(65-9)28-35(6)54(63,68-50)51(60)52(61)56-22-13-12-15-42(56)53(62)67-49(36(7)43(57)31-44(39)58)34(5)27-37-16-19-46(45(59)29-37)66-40-17-18-41-38(30-40)20-23-55(41)21-11-2/h10,17-18,20,23,25,27,30,33,35-37,39,42-43,45-50,57,59,63H,1,11-16,19,21-22,24,26,28-29,31H2,2-9H3/b32-25+,34-27?. The molecule has 1 aromatic heterocycles. The number of esters is 1. The third kappa shape index (κ3) is 12.2. The maximum absolute atomic E-state index is 14.5. The molecule has 14 atom stereocenters. The van der Waals surface area contributed by atoms with Crippen molar-refractivity contribution >= 4 is 34.3 Å². The number of rotatable bonds is 10. The van der Waals surface area contributed by atoms with Crippen LogP contribution in [0.1, 0.15) is 119 Å². The molecule has 1 aromatic carbocycles. The fourth-order valence-electron chi connectivity index (χ4n) is 11.2. The molecule has 2 bridgehead atoms. The van der Waals surface area contributed by atoms with Gasteiger partial charge in [-0.15, -0.1) is 6.58 Å². The van der Waals surface area contributed by atoms with Gasteiger partial charge in [-0.2, -0.15) is 0 Å². The number of piperidine rings is 1. The highest BCUT2D eigenvalue weighted by molar-refractivity contribution is 6.39. The number of fused-ring (bicyclic) bond motifs is 4. The minimum Gasteiger partial charge on any atom is -0.488 e. The van der Waals surface area contributed by atoms with E-state index in [1.807, 2.05) is 51.1 Å². The van der Waals surface area contributed by atoms with Crippen molar-refractivity contribution in [3.63, 3.8) is 0 Å². The Morgan fingerprint density at radius 2 is 1.68 bits per heavy atom. The van der Waals surface area contributed by atoms with E-state index in [0.29, 0.717) is 62.7 Å². The van der Waals surface area contributed by atoms with E-state index < -0.39 is 90.0 Å². The minimum absolute atomic E-state index is 0.00284. The zero-order valence-corrected chi connectivity index (χ0v) is 41.6. The van der Waals surface area contributed by atoms with Gasteiger partial charge in [-0.05, 0) is 126 Å². The molecule has 68 heavy (non-hydrogen) atoms. The second-order valence-corrected chi connectivity index (χ2v) is 20.4. The average Bonchev–Trinajstić information content (AvgIpc) is 3.71. The lowest BCUT2D eigenvalue weighted by Crippen LogP contribution is -2.64. The second kappa shape index (κ2) is 23.6. The van der Waals surface area contributed by atoms with Crippen LogP contribution in [-0.2, 0) is 44.7 Å². The monoisotopic (exact) mass is 947 g/mol. The largest absolute Gasteiger partial charge is 0.488 e. The van der Waals surface area contributed by atoms with Crippen molar-refractivity contribution in [3.8, 4) is 5.75 Å². The highest BCUT2D eigenvalue weighted by Gasteiger charge is 2.56. The number of aromatic nitrogens is 1. The van der Waals surface area contributed by atoms with Crippen LogP contribution in [-0.4, -0.2) is 124 Å². The number of Topliss-reactive ketones (excluding diaryl/α,β-unsaturated/α-hetero) is 2. The first-order valence-electron chi connectivity index (χ1n) is 25.0. The first-order chi connectivity index (χ1) is 32.4. The summed E-state index contributed by atoms with van der Waals surface area (Å²) in [6.45, 7) is 16.2. The average molecular weight is 947 g/mol. The first kappa shape index (κ1) is 53.2. The highest BCUT2D eigenvalue weighted by Crippen LogP contribution is 2.40. The predicted octanol–water partition coefficient (Wildman–Crippen LogP) is 7.44.